The summed E-state index contributed by atoms with van der Waals surface area (Å²) >= 11 is 0. The Hall–Kier alpha value is -1.84. The van der Waals surface area contributed by atoms with E-state index in [4.69, 9.17) is 4.74 Å². The van der Waals surface area contributed by atoms with Crippen molar-refractivity contribution in [2.24, 2.45) is 0 Å². The number of carbonyl (C=O) groups excluding carboxylic acids is 2. The van der Waals surface area contributed by atoms with Gasteiger partial charge in [-0.05, 0) is 18.6 Å². The molecule has 0 saturated carbocycles. The summed E-state index contributed by atoms with van der Waals surface area (Å²) < 4.78 is 5.37. The zero-order valence-electron chi connectivity index (χ0n) is 9.52. The molecule has 0 unspecified atom stereocenters. The third-order valence-electron chi connectivity index (χ3n) is 2.77. The van der Waals surface area contributed by atoms with Crippen LogP contribution in [0.5, 0.6) is 0 Å². The molecular weight excluding hydrogens is 218 g/mol. The van der Waals surface area contributed by atoms with Gasteiger partial charge in [0.1, 0.15) is 6.10 Å². The fourth-order valence-corrected chi connectivity index (χ4v) is 1.81. The summed E-state index contributed by atoms with van der Waals surface area (Å²) in [5.74, 6) is -0.284. The predicted molar refractivity (Wildman–Crippen MR) is 62.5 cm³/mol. The van der Waals surface area contributed by atoms with Crippen LogP contribution in [0.4, 0.5) is 0 Å². The summed E-state index contributed by atoms with van der Waals surface area (Å²) in [7, 11) is 0. The van der Waals surface area contributed by atoms with Crippen LogP contribution in [0.1, 0.15) is 29.6 Å². The van der Waals surface area contributed by atoms with Crippen molar-refractivity contribution in [2.45, 2.75) is 25.4 Å². The number of carbonyl (C=O) groups is 2. The smallest absolute Gasteiger partial charge is 0.338 e. The first-order valence-corrected chi connectivity index (χ1v) is 5.78. The lowest BCUT2D eigenvalue weighted by Gasteiger charge is -2.14. The molecule has 4 heteroatoms. The Bertz CT molecular complexity index is 402. The van der Waals surface area contributed by atoms with Gasteiger partial charge in [-0.3, -0.25) is 4.79 Å². The Morgan fingerprint density at radius 2 is 2.00 bits per heavy atom. The highest BCUT2D eigenvalue weighted by Crippen LogP contribution is 2.13. The molecule has 1 aliphatic heterocycles. The van der Waals surface area contributed by atoms with E-state index in [1.807, 2.05) is 6.07 Å². The second-order valence-electron chi connectivity index (χ2n) is 4.07. The molecule has 1 fully saturated rings. The van der Waals surface area contributed by atoms with Crippen molar-refractivity contribution in [3.63, 3.8) is 0 Å². The van der Waals surface area contributed by atoms with E-state index in [1.165, 1.54) is 0 Å². The predicted octanol–water partition coefficient (Wildman–Crippen LogP) is 1.51. The third kappa shape index (κ3) is 3.31. The van der Waals surface area contributed by atoms with Gasteiger partial charge in [-0.1, -0.05) is 18.2 Å². The maximum atomic E-state index is 11.8. The molecule has 1 atom stereocenters. The van der Waals surface area contributed by atoms with E-state index in [9.17, 15) is 9.59 Å². The highest BCUT2D eigenvalue weighted by Gasteiger charge is 2.20. The minimum absolute atomic E-state index is 0.0308. The van der Waals surface area contributed by atoms with Crippen molar-refractivity contribution in [1.82, 2.24) is 5.32 Å². The minimum atomic E-state index is -0.315. The number of hydrogen-bond donors (Lipinski definition) is 1. The van der Waals surface area contributed by atoms with Gasteiger partial charge in [0.15, 0.2) is 0 Å². The quantitative estimate of drug-likeness (QED) is 0.788. The van der Waals surface area contributed by atoms with E-state index in [0.717, 1.165) is 0 Å². The van der Waals surface area contributed by atoms with Crippen molar-refractivity contribution in [3.8, 4) is 0 Å². The number of rotatable bonds is 2. The lowest BCUT2D eigenvalue weighted by molar-refractivity contribution is -0.120. The van der Waals surface area contributed by atoms with Gasteiger partial charge in [-0.2, -0.15) is 0 Å². The lowest BCUT2D eigenvalue weighted by Crippen LogP contribution is -2.22. The molecule has 90 valence electrons. The SMILES string of the molecule is O=C1CC[C@@H](OC(=O)c2ccccc2)CCN1. The van der Waals surface area contributed by atoms with Gasteiger partial charge >= 0.3 is 5.97 Å². The summed E-state index contributed by atoms with van der Waals surface area (Å²) in [6.07, 6.45) is 1.54. The number of nitrogens with one attached hydrogen (secondary N) is 1. The molecule has 17 heavy (non-hydrogen) atoms. The van der Waals surface area contributed by atoms with Crippen molar-refractivity contribution < 1.29 is 14.3 Å². The summed E-state index contributed by atoms with van der Waals surface area (Å²) in [5.41, 5.74) is 0.552. The molecule has 1 N–H and O–H groups in total. The molecule has 0 bridgehead atoms. The first-order chi connectivity index (χ1) is 8.25. The normalized spacial score (nSPS) is 20.2. The molecule has 0 aromatic heterocycles. The number of hydrogen-bond acceptors (Lipinski definition) is 3. The van der Waals surface area contributed by atoms with E-state index in [1.54, 1.807) is 24.3 Å². The fourth-order valence-electron chi connectivity index (χ4n) is 1.81. The van der Waals surface area contributed by atoms with Crippen molar-refractivity contribution in [1.29, 1.82) is 0 Å². The molecule has 1 saturated heterocycles. The number of ether oxygens (including phenoxy) is 1. The first kappa shape index (κ1) is 11.6. The van der Waals surface area contributed by atoms with E-state index in [0.29, 0.717) is 31.4 Å². The maximum absolute atomic E-state index is 11.8. The maximum Gasteiger partial charge on any atom is 0.338 e. The van der Waals surface area contributed by atoms with Gasteiger partial charge in [0.05, 0.1) is 5.56 Å². The van der Waals surface area contributed by atoms with E-state index < -0.39 is 0 Å². The van der Waals surface area contributed by atoms with Crippen LogP contribution < -0.4 is 5.32 Å². The van der Waals surface area contributed by atoms with Crippen LogP contribution in [0.15, 0.2) is 30.3 Å². The average molecular weight is 233 g/mol. The summed E-state index contributed by atoms with van der Waals surface area (Å²) in [6, 6.07) is 8.90. The Balaban J connectivity index is 1.92. The molecule has 0 spiro atoms. The zero-order valence-corrected chi connectivity index (χ0v) is 9.52. The van der Waals surface area contributed by atoms with Crippen molar-refractivity contribution in [3.05, 3.63) is 35.9 Å². The summed E-state index contributed by atoms with van der Waals surface area (Å²) in [4.78, 5) is 22.9. The van der Waals surface area contributed by atoms with Crippen molar-refractivity contribution >= 4 is 11.9 Å². The molecule has 1 aliphatic rings. The highest BCUT2D eigenvalue weighted by atomic mass is 16.5. The number of amides is 1. The van der Waals surface area contributed by atoms with E-state index >= 15 is 0 Å². The molecule has 0 aliphatic carbocycles. The second kappa shape index (κ2) is 5.48. The summed E-state index contributed by atoms with van der Waals surface area (Å²) in [6.45, 7) is 0.575. The Morgan fingerprint density at radius 3 is 2.76 bits per heavy atom. The minimum Gasteiger partial charge on any atom is -0.459 e. The molecule has 2 rings (SSSR count). The number of benzene rings is 1. The molecule has 1 amide bonds. The van der Waals surface area contributed by atoms with Gasteiger partial charge < -0.3 is 10.1 Å². The Morgan fingerprint density at radius 1 is 1.24 bits per heavy atom. The largest absolute Gasteiger partial charge is 0.459 e. The van der Waals surface area contributed by atoms with Crippen LogP contribution in [-0.2, 0) is 9.53 Å². The van der Waals surface area contributed by atoms with Gasteiger partial charge in [-0.25, -0.2) is 4.79 Å². The number of esters is 1. The van der Waals surface area contributed by atoms with Gasteiger partial charge in [0, 0.05) is 19.4 Å². The molecule has 1 heterocycles. The monoisotopic (exact) mass is 233 g/mol. The molecule has 0 radical (unpaired) electrons. The fraction of sp³-hybridized carbons (Fsp3) is 0.385. The molecular formula is C13H15NO3. The van der Waals surface area contributed by atoms with Crippen LogP contribution in [-0.4, -0.2) is 24.5 Å². The van der Waals surface area contributed by atoms with Crippen molar-refractivity contribution in [2.75, 3.05) is 6.54 Å². The van der Waals surface area contributed by atoms with Crippen LogP contribution in [0.25, 0.3) is 0 Å². The third-order valence-corrected chi connectivity index (χ3v) is 2.77. The van der Waals surface area contributed by atoms with Gasteiger partial charge in [-0.15, -0.1) is 0 Å². The zero-order chi connectivity index (χ0) is 12.1. The van der Waals surface area contributed by atoms with Crippen LogP contribution in [0, 0.1) is 0 Å². The van der Waals surface area contributed by atoms with E-state index in [-0.39, 0.29) is 18.0 Å². The molecule has 1 aromatic rings. The standard InChI is InChI=1S/C13H15NO3/c15-12-7-6-11(8-9-14-12)17-13(16)10-4-2-1-3-5-10/h1-5,11H,6-9H2,(H,14,15)/t11-/m1/s1. The Kier molecular flexibility index (Phi) is 3.75. The van der Waals surface area contributed by atoms with Crippen LogP contribution in [0.2, 0.25) is 0 Å². The summed E-state index contributed by atoms with van der Waals surface area (Å²) in [5, 5.41) is 2.76. The van der Waals surface area contributed by atoms with E-state index in [2.05, 4.69) is 5.32 Å². The van der Waals surface area contributed by atoms with Gasteiger partial charge in [0.25, 0.3) is 0 Å². The second-order valence-corrected chi connectivity index (χ2v) is 4.07. The van der Waals surface area contributed by atoms with Gasteiger partial charge in [0.2, 0.25) is 5.91 Å². The van der Waals surface area contributed by atoms with Crippen LogP contribution >= 0.6 is 0 Å². The molecule has 4 nitrogen and oxygen atoms in total. The van der Waals surface area contributed by atoms with Crippen LogP contribution in [0.3, 0.4) is 0 Å². The Labute approximate surface area is 100.0 Å². The topological polar surface area (TPSA) is 55.4 Å². The highest BCUT2D eigenvalue weighted by molar-refractivity contribution is 5.89. The molecule has 1 aromatic carbocycles. The average Bonchev–Trinajstić information content (AvgIpc) is 2.56. The first-order valence-electron chi connectivity index (χ1n) is 5.78. The lowest BCUT2D eigenvalue weighted by atomic mass is 10.1.